The summed E-state index contributed by atoms with van der Waals surface area (Å²) in [5.74, 6) is 1.57. The maximum absolute atomic E-state index is 12.9. The van der Waals surface area contributed by atoms with E-state index in [-0.39, 0.29) is 11.7 Å². The Labute approximate surface area is 203 Å². The number of benzene rings is 2. The third kappa shape index (κ3) is 5.32. The third-order valence-electron chi connectivity index (χ3n) is 6.04. The van der Waals surface area contributed by atoms with Crippen LogP contribution in [0.25, 0.3) is 17.0 Å². The Bertz CT molecular complexity index is 1320. The van der Waals surface area contributed by atoms with Crippen molar-refractivity contribution in [1.29, 1.82) is 0 Å². The fourth-order valence-corrected chi connectivity index (χ4v) is 6.03. The van der Waals surface area contributed by atoms with E-state index in [1.54, 1.807) is 11.0 Å². The molecule has 0 atom stereocenters. The van der Waals surface area contributed by atoms with Crippen molar-refractivity contribution in [3.8, 4) is 0 Å². The lowest BCUT2D eigenvalue weighted by molar-refractivity contribution is -0.129. The number of carbonyl (C=O) groups is 1. The molecule has 0 bridgehead atoms. The molecule has 176 valence electrons. The van der Waals surface area contributed by atoms with Gasteiger partial charge in [0.15, 0.2) is 0 Å². The highest BCUT2D eigenvalue weighted by molar-refractivity contribution is 8.00. The first kappa shape index (κ1) is 23.0. The standard InChI is InChI=1S/C25H26N4O3S2/c30-23(18-33-25-21-8-4-5-9-22(21)26-24(27-25)20-10-11-20)28-13-15-29(16-14-28)34(31,32)17-12-19-6-2-1-3-7-19/h1-9,12,17,20H,10-11,13-16,18H2/b17-12+. The summed E-state index contributed by atoms with van der Waals surface area (Å²) in [6, 6.07) is 17.2. The molecule has 5 rings (SSSR count). The molecule has 2 aliphatic rings. The lowest BCUT2D eigenvalue weighted by Crippen LogP contribution is -2.50. The maximum Gasteiger partial charge on any atom is 0.236 e. The molecule has 9 heteroatoms. The van der Waals surface area contributed by atoms with Crippen LogP contribution in [0.5, 0.6) is 0 Å². The van der Waals surface area contributed by atoms with Crippen LogP contribution in [0, 0.1) is 0 Å². The summed E-state index contributed by atoms with van der Waals surface area (Å²) >= 11 is 1.44. The van der Waals surface area contributed by atoms with Crippen LogP contribution < -0.4 is 0 Å². The smallest absolute Gasteiger partial charge is 0.236 e. The highest BCUT2D eigenvalue weighted by Gasteiger charge is 2.29. The zero-order valence-corrected chi connectivity index (χ0v) is 20.3. The normalized spacial score (nSPS) is 17.5. The minimum Gasteiger partial charge on any atom is -0.339 e. The number of fused-ring (bicyclic) bond motifs is 1. The first-order chi connectivity index (χ1) is 16.5. The molecule has 2 heterocycles. The summed E-state index contributed by atoms with van der Waals surface area (Å²) in [4.78, 5) is 24.1. The zero-order chi connectivity index (χ0) is 23.5. The molecule has 0 radical (unpaired) electrons. The van der Waals surface area contributed by atoms with E-state index in [4.69, 9.17) is 9.97 Å². The van der Waals surface area contributed by atoms with E-state index in [1.165, 1.54) is 21.5 Å². The van der Waals surface area contributed by atoms with Gasteiger partial charge in [0.25, 0.3) is 0 Å². The first-order valence-electron chi connectivity index (χ1n) is 11.4. The van der Waals surface area contributed by atoms with E-state index in [0.717, 1.165) is 40.2 Å². The maximum atomic E-state index is 12.9. The molecule has 0 N–H and O–H groups in total. The van der Waals surface area contributed by atoms with Crippen LogP contribution in [0.4, 0.5) is 0 Å². The summed E-state index contributed by atoms with van der Waals surface area (Å²) in [7, 11) is -3.52. The van der Waals surface area contributed by atoms with Crippen LogP contribution in [0.15, 0.2) is 65.0 Å². The summed E-state index contributed by atoms with van der Waals surface area (Å²) in [5, 5.41) is 3.05. The molecule has 3 aromatic rings. The van der Waals surface area contributed by atoms with E-state index in [1.807, 2.05) is 54.6 Å². The van der Waals surface area contributed by atoms with Gasteiger partial charge in [0.05, 0.1) is 11.3 Å². The third-order valence-corrected chi connectivity index (χ3v) is 8.58. The second-order valence-corrected chi connectivity index (χ2v) is 11.3. The SMILES string of the molecule is O=C(CSc1nc(C2CC2)nc2ccccc12)N1CCN(S(=O)(=O)/C=C/c2ccccc2)CC1. The minimum absolute atomic E-state index is 0.00228. The van der Waals surface area contributed by atoms with Crippen molar-refractivity contribution in [3.63, 3.8) is 0 Å². The topological polar surface area (TPSA) is 83.5 Å². The van der Waals surface area contributed by atoms with Gasteiger partial charge in [0.2, 0.25) is 15.9 Å². The monoisotopic (exact) mass is 494 g/mol. The highest BCUT2D eigenvalue weighted by atomic mass is 32.2. The number of aromatic nitrogens is 2. The largest absolute Gasteiger partial charge is 0.339 e. The fourth-order valence-electron chi connectivity index (χ4n) is 3.93. The molecule has 2 aromatic carbocycles. The molecule has 34 heavy (non-hydrogen) atoms. The van der Waals surface area contributed by atoms with Gasteiger partial charge in [-0.15, -0.1) is 0 Å². The van der Waals surface area contributed by atoms with Gasteiger partial charge in [-0.1, -0.05) is 60.3 Å². The Morgan fingerprint density at radius 1 is 0.971 bits per heavy atom. The predicted molar refractivity (Wildman–Crippen MR) is 135 cm³/mol. The van der Waals surface area contributed by atoms with Crippen LogP contribution >= 0.6 is 11.8 Å². The predicted octanol–water partition coefficient (Wildman–Crippen LogP) is 3.74. The van der Waals surface area contributed by atoms with Crippen LogP contribution in [0.1, 0.15) is 30.1 Å². The highest BCUT2D eigenvalue weighted by Crippen LogP contribution is 2.39. The van der Waals surface area contributed by atoms with Crippen molar-refractivity contribution in [3.05, 3.63) is 71.4 Å². The van der Waals surface area contributed by atoms with Gasteiger partial charge < -0.3 is 4.90 Å². The molecule has 1 aliphatic carbocycles. The van der Waals surface area contributed by atoms with E-state index in [9.17, 15) is 13.2 Å². The molecule has 7 nitrogen and oxygen atoms in total. The second-order valence-electron chi connectivity index (χ2n) is 8.51. The molecule has 1 aromatic heterocycles. The molecular formula is C25H26N4O3S2. The Kier molecular flexibility index (Phi) is 6.67. The second kappa shape index (κ2) is 9.85. The Morgan fingerprint density at radius 2 is 1.68 bits per heavy atom. The van der Waals surface area contributed by atoms with Gasteiger partial charge in [0, 0.05) is 42.9 Å². The van der Waals surface area contributed by atoms with Crippen LogP contribution in [-0.2, 0) is 14.8 Å². The van der Waals surface area contributed by atoms with Crippen molar-refractivity contribution in [1.82, 2.24) is 19.2 Å². The summed E-state index contributed by atoms with van der Waals surface area (Å²) in [6.45, 7) is 1.35. The molecular weight excluding hydrogens is 468 g/mol. The van der Waals surface area contributed by atoms with Gasteiger partial charge in [-0.2, -0.15) is 4.31 Å². The first-order valence-corrected chi connectivity index (χ1v) is 13.9. The zero-order valence-electron chi connectivity index (χ0n) is 18.7. The number of amides is 1. The van der Waals surface area contributed by atoms with Gasteiger partial charge in [-0.05, 0) is 30.5 Å². The molecule has 1 amide bonds. The number of rotatable bonds is 7. The Hall–Kier alpha value is -2.75. The minimum atomic E-state index is -3.52. The summed E-state index contributed by atoms with van der Waals surface area (Å²) < 4.78 is 26.8. The van der Waals surface area contributed by atoms with Crippen LogP contribution in [0.2, 0.25) is 0 Å². The lowest BCUT2D eigenvalue weighted by atomic mass is 10.2. The number of sulfonamides is 1. The molecule has 1 saturated carbocycles. The van der Waals surface area contributed by atoms with E-state index in [0.29, 0.717) is 32.1 Å². The van der Waals surface area contributed by atoms with Gasteiger partial charge in [-0.3, -0.25) is 4.79 Å². The van der Waals surface area contributed by atoms with Crippen molar-refractivity contribution in [2.45, 2.75) is 23.8 Å². The molecule has 0 unspecified atom stereocenters. The van der Waals surface area contributed by atoms with Crippen LogP contribution in [0.3, 0.4) is 0 Å². The number of hydrogen-bond donors (Lipinski definition) is 0. The number of thioether (sulfide) groups is 1. The molecule has 1 saturated heterocycles. The van der Waals surface area contributed by atoms with E-state index >= 15 is 0 Å². The van der Waals surface area contributed by atoms with Crippen molar-refractivity contribution in [2.24, 2.45) is 0 Å². The molecule has 1 aliphatic heterocycles. The number of hydrogen-bond acceptors (Lipinski definition) is 6. The van der Waals surface area contributed by atoms with Gasteiger partial charge >= 0.3 is 0 Å². The van der Waals surface area contributed by atoms with Gasteiger partial charge in [0.1, 0.15) is 10.9 Å². The Morgan fingerprint density at radius 3 is 2.41 bits per heavy atom. The fraction of sp³-hybridized carbons (Fsp3) is 0.320. The van der Waals surface area contributed by atoms with Gasteiger partial charge in [-0.25, -0.2) is 18.4 Å². The lowest BCUT2D eigenvalue weighted by Gasteiger charge is -2.33. The number of nitrogens with zero attached hydrogens (tertiary/aromatic N) is 4. The number of carbonyl (C=O) groups excluding carboxylic acids is 1. The van der Waals surface area contributed by atoms with Crippen molar-refractivity contribution < 1.29 is 13.2 Å². The summed E-state index contributed by atoms with van der Waals surface area (Å²) in [6.07, 6.45) is 3.84. The average Bonchev–Trinajstić information content (AvgIpc) is 3.72. The Balaban J connectivity index is 1.19. The van der Waals surface area contributed by atoms with E-state index in [2.05, 4.69) is 0 Å². The quantitative estimate of drug-likeness (QED) is 0.368. The van der Waals surface area contributed by atoms with E-state index < -0.39 is 10.0 Å². The molecule has 0 spiro atoms. The number of piperazine rings is 1. The number of para-hydroxylation sites is 1. The van der Waals surface area contributed by atoms with Crippen molar-refractivity contribution in [2.75, 3.05) is 31.9 Å². The molecule has 2 fully saturated rings. The van der Waals surface area contributed by atoms with Crippen LogP contribution in [-0.4, -0.2) is 65.4 Å². The average molecular weight is 495 g/mol. The van der Waals surface area contributed by atoms with Crippen molar-refractivity contribution >= 4 is 44.7 Å². The summed E-state index contributed by atoms with van der Waals surface area (Å²) in [5.41, 5.74) is 1.75.